The Kier molecular flexibility index (Phi) is 10.9. The molecule has 0 aliphatic carbocycles. The van der Waals surface area contributed by atoms with Crippen molar-refractivity contribution in [1.29, 1.82) is 0 Å². The largest absolute Gasteiger partial charge is 0.465 e. The average Bonchev–Trinajstić information content (AvgIpc) is 2.96. The number of ether oxygens (including phenoxy) is 1. The lowest BCUT2D eigenvalue weighted by atomic mass is 9.90. The van der Waals surface area contributed by atoms with Crippen molar-refractivity contribution in [3.63, 3.8) is 0 Å². The molecule has 43 heavy (non-hydrogen) atoms. The maximum atomic E-state index is 13.2. The highest BCUT2D eigenvalue weighted by atomic mass is 32.2. The van der Waals surface area contributed by atoms with Crippen LogP contribution < -0.4 is 0 Å². The predicted molar refractivity (Wildman–Crippen MR) is 167 cm³/mol. The van der Waals surface area contributed by atoms with Crippen LogP contribution in [0.1, 0.15) is 70.0 Å². The summed E-state index contributed by atoms with van der Waals surface area (Å²) in [5.74, 6) is 0.0497. The zero-order valence-corrected chi connectivity index (χ0v) is 26.8. The molecule has 4 rings (SSSR count). The molecule has 2 aromatic rings. The van der Waals surface area contributed by atoms with Gasteiger partial charge >= 0.3 is 6.09 Å². The van der Waals surface area contributed by atoms with E-state index in [-0.39, 0.29) is 41.0 Å². The van der Waals surface area contributed by atoms with Crippen LogP contribution in [0.25, 0.3) is 0 Å². The number of benzene rings is 2. The van der Waals surface area contributed by atoms with Gasteiger partial charge in [0, 0.05) is 51.1 Å². The summed E-state index contributed by atoms with van der Waals surface area (Å²) in [5.41, 5.74) is 1.45. The summed E-state index contributed by atoms with van der Waals surface area (Å²) in [6, 6.07) is 16.3. The van der Waals surface area contributed by atoms with Gasteiger partial charge in [-0.1, -0.05) is 42.5 Å². The minimum Gasteiger partial charge on any atom is -0.465 e. The molecule has 0 spiro atoms. The molecule has 0 radical (unpaired) electrons. The summed E-state index contributed by atoms with van der Waals surface area (Å²) < 4.78 is 29.4. The Morgan fingerprint density at radius 1 is 1.02 bits per heavy atom. The third-order valence-electron chi connectivity index (χ3n) is 8.89. The van der Waals surface area contributed by atoms with Crippen LogP contribution >= 0.6 is 0 Å². The first-order valence-corrected chi connectivity index (χ1v) is 17.3. The summed E-state index contributed by atoms with van der Waals surface area (Å²) in [6.07, 6.45) is 4.29. The first kappa shape index (κ1) is 33.0. The lowest BCUT2D eigenvalue weighted by Crippen LogP contribution is -2.50. The second-order valence-electron chi connectivity index (χ2n) is 12.5. The molecule has 2 heterocycles. The van der Waals surface area contributed by atoms with Crippen molar-refractivity contribution in [3.05, 3.63) is 65.7 Å². The Bertz CT molecular complexity index is 1320. The van der Waals surface area contributed by atoms with Gasteiger partial charge in [-0.3, -0.25) is 9.69 Å². The van der Waals surface area contributed by atoms with Crippen LogP contribution in [0.5, 0.6) is 0 Å². The second kappa shape index (κ2) is 14.2. The highest BCUT2D eigenvalue weighted by molar-refractivity contribution is 7.90. The van der Waals surface area contributed by atoms with Crippen molar-refractivity contribution < 1.29 is 27.9 Å². The van der Waals surface area contributed by atoms with E-state index in [0.717, 1.165) is 43.6 Å². The summed E-state index contributed by atoms with van der Waals surface area (Å²) >= 11 is 0. The first-order chi connectivity index (χ1) is 20.4. The zero-order valence-electron chi connectivity index (χ0n) is 25.9. The molecule has 2 aromatic carbocycles. The number of rotatable bonds is 11. The van der Waals surface area contributed by atoms with Gasteiger partial charge < -0.3 is 19.6 Å². The van der Waals surface area contributed by atoms with Crippen LogP contribution in [0.15, 0.2) is 59.5 Å². The molecule has 0 bridgehead atoms. The number of hydrogen-bond acceptors (Lipinski definition) is 6. The Hall–Kier alpha value is -2.95. The summed E-state index contributed by atoms with van der Waals surface area (Å²) in [4.78, 5) is 32.2. The number of piperidine rings is 1. The molecule has 1 N–H and O–H groups in total. The van der Waals surface area contributed by atoms with E-state index in [1.807, 2.05) is 56.0 Å². The molecular formula is C33H47N3O6S. The molecule has 2 amide bonds. The molecule has 2 unspecified atom stereocenters. The van der Waals surface area contributed by atoms with E-state index in [9.17, 15) is 23.1 Å². The fourth-order valence-corrected chi connectivity index (χ4v) is 7.28. The van der Waals surface area contributed by atoms with Crippen molar-refractivity contribution in [3.8, 4) is 0 Å². The number of carbonyl (C=O) groups excluding carboxylic acids is 1. The van der Waals surface area contributed by atoms with E-state index in [2.05, 4.69) is 4.90 Å². The van der Waals surface area contributed by atoms with E-state index in [4.69, 9.17) is 4.74 Å². The van der Waals surface area contributed by atoms with Crippen molar-refractivity contribution >= 4 is 21.8 Å². The third kappa shape index (κ3) is 8.80. The Morgan fingerprint density at radius 2 is 1.67 bits per heavy atom. The fourth-order valence-electron chi connectivity index (χ4n) is 6.65. The van der Waals surface area contributed by atoms with E-state index in [0.29, 0.717) is 32.4 Å². The number of likely N-dealkylation sites (N-methyl/N-ethyl adjacent to an activating group) is 1. The highest BCUT2D eigenvalue weighted by Crippen LogP contribution is 2.35. The molecule has 10 heteroatoms. The Balaban J connectivity index is 1.37. The third-order valence-corrected chi connectivity index (χ3v) is 10.0. The minimum atomic E-state index is -3.27. The molecule has 236 valence electrons. The topological polar surface area (TPSA) is 107 Å². The number of nitrogens with zero attached hydrogens (tertiary/aromatic N) is 3. The zero-order chi connectivity index (χ0) is 31.2. The van der Waals surface area contributed by atoms with Crippen molar-refractivity contribution in [1.82, 2.24) is 14.7 Å². The number of likely N-dealkylation sites (tertiary alicyclic amines) is 1. The molecule has 2 aliphatic rings. The van der Waals surface area contributed by atoms with E-state index in [1.165, 1.54) is 6.26 Å². The average molecular weight is 614 g/mol. The van der Waals surface area contributed by atoms with E-state index in [1.54, 1.807) is 29.2 Å². The van der Waals surface area contributed by atoms with Gasteiger partial charge in [0.25, 0.3) is 0 Å². The molecule has 2 atom stereocenters. The number of sulfone groups is 1. The molecular weight excluding hydrogens is 566 g/mol. The quantitative estimate of drug-likeness (QED) is 0.380. The molecule has 0 saturated carbocycles. The SMILES string of the molecule is CCN(C(=O)Cc1ccc(S(C)(=O)=O)cc1)C1CCN(CCC(c2ccccc2)N(C(=O)O)C2CCOC(C)(C)C2)CC1. The maximum Gasteiger partial charge on any atom is 0.408 e. The number of amides is 2. The van der Waals surface area contributed by atoms with E-state index < -0.39 is 15.9 Å². The standard InChI is InChI=1S/C33H47N3O6S/c1-5-35(31(37)23-25-11-13-29(14-12-25)43(4,40)41)27-15-19-34(20-16-27)21-17-30(26-9-7-6-8-10-26)36(32(38)39)28-18-22-42-33(2,3)24-28/h6-14,27-28,30H,5,15-24H2,1-4H3,(H,38,39). The van der Waals surface area contributed by atoms with Crippen LogP contribution in [-0.4, -0.2) is 97.0 Å². The predicted octanol–water partition coefficient (Wildman–Crippen LogP) is 5.01. The molecule has 2 aliphatic heterocycles. The van der Waals surface area contributed by atoms with Gasteiger partial charge in [0.05, 0.1) is 23.0 Å². The van der Waals surface area contributed by atoms with Crippen molar-refractivity contribution in [2.24, 2.45) is 0 Å². The fraction of sp³-hybridized carbons (Fsp3) is 0.576. The highest BCUT2D eigenvalue weighted by Gasteiger charge is 2.38. The van der Waals surface area contributed by atoms with Crippen LogP contribution in [0.2, 0.25) is 0 Å². The van der Waals surface area contributed by atoms with Gasteiger partial charge in [-0.05, 0) is 76.1 Å². The lowest BCUT2D eigenvalue weighted by molar-refractivity contribution is -0.133. The van der Waals surface area contributed by atoms with Crippen LogP contribution in [0, 0.1) is 0 Å². The summed E-state index contributed by atoms with van der Waals surface area (Å²) in [5, 5.41) is 10.4. The van der Waals surface area contributed by atoms with Crippen molar-refractivity contribution in [2.75, 3.05) is 39.0 Å². The second-order valence-corrected chi connectivity index (χ2v) is 14.5. The smallest absolute Gasteiger partial charge is 0.408 e. The number of carboxylic acid groups (broad SMARTS) is 1. The summed E-state index contributed by atoms with van der Waals surface area (Å²) in [6.45, 7) is 9.69. The van der Waals surface area contributed by atoms with Gasteiger partial charge in [0.2, 0.25) is 5.91 Å². The Labute approximate surface area is 256 Å². The molecule has 9 nitrogen and oxygen atoms in total. The Morgan fingerprint density at radius 3 is 2.23 bits per heavy atom. The summed E-state index contributed by atoms with van der Waals surface area (Å²) in [7, 11) is -3.27. The van der Waals surface area contributed by atoms with Crippen LogP contribution in [-0.2, 0) is 25.8 Å². The van der Waals surface area contributed by atoms with Crippen molar-refractivity contribution in [2.45, 2.75) is 87.9 Å². The normalized spacial score (nSPS) is 20.3. The molecule has 2 fully saturated rings. The van der Waals surface area contributed by atoms with Gasteiger partial charge in [-0.2, -0.15) is 0 Å². The van der Waals surface area contributed by atoms with Crippen LogP contribution in [0.4, 0.5) is 4.79 Å². The lowest BCUT2D eigenvalue weighted by Gasteiger charge is -2.44. The monoisotopic (exact) mass is 613 g/mol. The minimum absolute atomic E-state index is 0.0497. The van der Waals surface area contributed by atoms with Gasteiger partial charge in [-0.25, -0.2) is 13.2 Å². The molecule has 0 aromatic heterocycles. The van der Waals surface area contributed by atoms with Crippen LogP contribution in [0.3, 0.4) is 0 Å². The van der Waals surface area contributed by atoms with Gasteiger partial charge in [0.1, 0.15) is 0 Å². The maximum absolute atomic E-state index is 13.2. The van der Waals surface area contributed by atoms with E-state index >= 15 is 0 Å². The first-order valence-electron chi connectivity index (χ1n) is 15.4. The van der Waals surface area contributed by atoms with Gasteiger partial charge in [-0.15, -0.1) is 0 Å². The van der Waals surface area contributed by atoms with Gasteiger partial charge in [0.15, 0.2) is 9.84 Å². The number of carbonyl (C=O) groups is 2. The number of hydrogen-bond donors (Lipinski definition) is 1. The molecule has 2 saturated heterocycles.